The summed E-state index contributed by atoms with van der Waals surface area (Å²) in [4.78, 5) is 14.3. The molecule has 1 aromatic heterocycles. The first-order chi connectivity index (χ1) is 10.7. The quantitative estimate of drug-likeness (QED) is 0.821. The highest BCUT2D eigenvalue weighted by Crippen LogP contribution is 2.24. The van der Waals surface area contributed by atoms with Crippen molar-refractivity contribution in [3.8, 4) is 0 Å². The zero-order valence-corrected chi connectivity index (χ0v) is 13.3. The summed E-state index contributed by atoms with van der Waals surface area (Å²) in [6.45, 7) is 1.03. The molecule has 0 N–H and O–H groups in total. The van der Waals surface area contributed by atoms with Crippen molar-refractivity contribution < 1.29 is 27.4 Å². The number of aryl methyl sites for hydroxylation is 1. The maximum atomic E-state index is 12.7. The molecule has 1 saturated heterocycles. The van der Waals surface area contributed by atoms with Gasteiger partial charge in [0.25, 0.3) is 5.91 Å². The molecule has 1 aliphatic heterocycles. The Morgan fingerprint density at radius 2 is 2.13 bits per heavy atom. The monoisotopic (exact) mass is 335 g/mol. The minimum absolute atomic E-state index is 0.107. The summed E-state index contributed by atoms with van der Waals surface area (Å²) in [6.07, 6.45) is -2.71. The second-order valence-electron chi connectivity index (χ2n) is 5.60. The number of hydrogen-bond acceptors (Lipinski definition) is 4. The number of aromatic nitrogens is 2. The van der Waals surface area contributed by atoms with Gasteiger partial charge in [-0.1, -0.05) is 0 Å². The molecule has 2 rings (SSSR count). The molecular formula is C14H20F3N3O3. The molecule has 6 nitrogen and oxygen atoms in total. The van der Waals surface area contributed by atoms with E-state index in [2.05, 4.69) is 5.10 Å². The summed E-state index contributed by atoms with van der Waals surface area (Å²) >= 11 is 0. The fourth-order valence-electron chi connectivity index (χ4n) is 2.79. The number of alkyl halides is 3. The van der Waals surface area contributed by atoms with Gasteiger partial charge < -0.3 is 14.4 Å². The molecule has 23 heavy (non-hydrogen) atoms. The van der Waals surface area contributed by atoms with Gasteiger partial charge in [0, 0.05) is 27.0 Å². The van der Waals surface area contributed by atoms with E-state index in [0.29, 0.717) is 19.6 Å². The van der Waals surface area contributed by atoms with E-state index in [-0.39, 0.29) is 29.3 Å². The van der Waals surface area contributed by atoms with Gasteiger partial charge in [0.1, 0.15) is 6.54 Å². The lowest BCUT2D eigenvalue weighted by Gasteiger charge is -2.23. The summed E-state index contributed by atoms with van der Waals surface area (Å²) in [5.74, 6) is -0.350. The number of likely N-dealkylation sites (tertiary alicyclic amines) is 1. The summed E-state index contributed by atoms with van der Waals surface area (Å²) in [5, 5.41) is 3.79. The van der Waals surface area contributed by atoms with Crippen LogP contribution in [0.4, 0.5) is 13.2 Å². The maximum absolute atomic E-state index is 12.7. The minimum Gasteiger partial charge on any atom is -0.383 e. The Morgan fingerprint density at radius 1 is 1.43 bits per heavy atom. The molecule has 1 fully saturated rings. The van der Waals surface area contributed by atoms with Crippen LogP contribution in [0.15, 0.2) is 6.20 Å². The standard InChI is InChI=1S/C14H20F3N3O3/c1-9-12(6-19(18-9)8-14(15,16)17)13(21)20-5-11(23-3)4-10(20)7-22-2/h6,10-11H,4-5,7-8H2,1-3H3/t10-,11-/m0/s1. The minimum atomic E-state index is -4.38. The van der Waals surface area contributed by atoms with Crippen LogP contribution in [0.25, 0.3) is 0 Å². The first-order valence-electron chi connectivity index (χ1n) is 7.18. The van der Waals surface area contributed by atoms with Crippen LogP contribution in [-0.2, 0) is 16.0 Å². The van der Waals surface area contributed by atoms with Crippen LogP contribution in [0, 0.1) is 6.92 Å². The van der Waals surface area contributed by atoms with E-state index in [9.17, 15) is 18.0 Å². The fourth-order valence-corrected chi connectivity index (χ4v) is 2.79. The Morgan fingerprint density at radius 3 is 2.70 bits per heavy atom. The van der Waals surface area contributed by atoms with Crippen LogP contribution in [0.5, 0.6) is 0 Å². The second-order valence-corrected chi connectivity index (χ2v) is 5.60. The van der Waals surface area contributed by atoms with Crippen molar-refractivity contribution in [1.29, 1.82) is 0 Å². The Hall–Kier alpha value is -1.61. The van der Waals surface area contributed by atoms with E-state index < -0.39 is 12.7 Å². The number of nitrogens with zero attached hydrogens (tertiary/aromatic N) is 3. The molecule has 0 aliphatic carbocycles. The average molecular weight is 335 g/mol. The van der Waals surface area contributed by atoms with Gasteiger partial charge in [-0.3, -0.25) is 9.48 Å². The number of amides is 1. The molecule has 9 heteroatoms. The summed E-state index contributed by atoms with van der Waals surface area (Å²) in [7, 11) is 3.10. The van der Waals surface area contributed by atoms with Crippen molar-refractivity contribution in [2.45, 2.75) is 38.2 Å². The molecule has 2 heterocycles. The van der Waals surface area contributed by atoms with Gasteiger partial charge in [-0.2, -0.15) is 18.3 Å². The molecule has 2 atom stereocenters. The highest BCUT2D eigenvalue weighted by atomic mass is 19.4. The van der Waals surface area contributed by atoms with E-state index in [4.69, 9.17) is 9.47 Å². The lowest BCUT2D eigenvalue weighted by atomic mass is 10.2. The Bertz CT molecular complexity index is 559. The van der Waals surface area contributed by atoms with Gasteiger partial charge in [-0.05, 0) is 13.3 Å². The van der Waals surface area contributed by atoms with Crippen LogP contribution in [-0.4, -0.2) is 66.3 Å². The van der Waals surface area contributed by atoms with Crippen LogP contribution in [0.1, 0.15) is 22.5 Å². The van der Waals surface area contributed by atoms with Crippen molar-refractivity contribution in [3.63, 3.8) is 0 Å². The predicted molar refractivity (Wildman–Crippen MR) is 75.1 cm³/mol. The smallest absolute Gasteiger partial charge is 0.383 e. The number of halogens is 3. The lowest BCUT2D eigenvalue weighted by molar-refractivity contribution is -0.142. The number of rotatable bonds is 5. The zero-order valence-electron chi connectivity index (χ0n) is 13.3. The highest BCUT2D eigenvalue weighted by molar-refractivity contribution is 5.95. The van der Waals surface area contributed by atoms with Gasteiger partial charge in [-0.25, -0.2) is 0 Å². The number of carbonyl (C=O) groups is 1. The van der Waals surface area contributed by atoms with Crippen LogP contribution in [0.2, 0.25) is 0 Å². The third kappa shape index (κ3) is 4.23. The summed E-state index contributed by atoms with van der Waals surface area (Å²) < 4.78 is 48.5. The van der Waals surface area contributed by atoms with Crippen molar-refractivity contribution in [2.24, 2.45) is 0 Å². The van der Waals surface area contributed by atoms with Crippen molar-refractivity contribution >= 4 is 5.91 Å². The average Bonchev–Trinajstić information content (AvgIpc) is 3.00. The normalized spacial score (nSPS) is 21.9. The van der Waals surface area contributed by atoms with Gasteiger partial charge in [0.2, 0.25) is 0 Å². The fraction of sp³-hybridized carbons (Fsp3) is 0.714. The van der Waals surface area contributed by atoms with E-state index >= 15 is 0 Å². The van der Waals surface area contributed by atoms with Crippen molar-refractivity contribution in [3.05, 3.63) is 17.5 Å². The molecule has 0 aromatic carbocycles. The first-order valence-corrected chi connectivity index (χ1v) is 7.18. The number of ether oxygens (including phenoxy) is 2. The predicted octanol–water partition coefficient (Wildman–Crippen LogP) is 1.63. The first kappa shape index (κ1) is 17.7. The topological polar surface area (TPSA) is 56.6 Å². The molecule has 0 bridgehead atoms. The molecule has 1 aliphatic rings. The van der Waals surface area contributed by atoms with Crippen LogP contribution in [0.3, 0.4) is 0 Å². The van der Waals surface area contributed by atoms with Crippen LogP contribution < -0.4 is 0 Å². The van der Waals surface area contributed by atoms with E-state index in [1.165, 1.54) is 14.0 Å². The van der Waals surface area contributed by atoms with Crippen molar-refractivity contribution in [1.82, 2.24) is 14.7 Å². The Kier molecular flexibility index (Phi) is 5.30. The molecular weight excluding hydrogens is 315 g/mol. The largest absolute Gasteiger partial charge is 0.408 e. The third-order valence-electron chi connectivity index (χ3n) is 3.85. The zero-order chi connectivity index (χ0) is 17.2. The number of carbonyl (C=O) groups excluding carboxylic acids is 1. The molecule has 0 spiro atoms. The van der Waals surface area contributed by atoms with E-state index in [0.717, 1.165) is 10.9 Å². The Balaban J connectivity index is 2.18. The number of hydrogen-bond donors (Lipinski definition) is 0. The molecule has 130 valence electrons. The molecule has 0 saturated carbocycles. The van der Waals surface area contributed by atoms with E-state index in [1.54, 1.807) is 12.0 Å². The summed E-state index contributed by atoms with van der Waals surface area (Å²) in [6, 6.07) is -0.164. The molecule has 1 amide bonds. The van der Waals surface area contributed by atoms with Gasteiger partial charge in [0.15, 0.2) is 0 Å². The van der Waals surface area contributed by atoms with Gasteiger partial charge in [-0.15, -0.1) is 0 Å². The van der Waals surface area contributed by atoms with E-state index in [1.807, 2.05) is 0 Å². The maximum Gasteiger partial charge on any atom is 0.408 e. The van der Waals surface area contributed by atoms with Crippen molar-refractivity contribution in [2.75, 3.05) is 27.4 Å². The SMILES string of the molecule is COC[C@@H]1C[C@H](OC)CN1C(=O)c1cn(CC(F)(F)F)nc1C. The second kappa shape index (κ2) is 6.88. The lowest BCUT2D eigenvalue weighted by Crippen LogP contribution is -2.38. The number of methoxy groups -OCH3 is 2. The van der Waals surface area contributed by atoms with Gasteiger partial charge in [0.05, 0.1) is 30.0 Å². The van der Waals surface area contributed by atoms with Crippen LogP contribution >= 0.6 is 0 Å². The molecule has 1 aromatic rings. The summed E-state index contributed by atoms with van der Waals surface area (Å²) in [5.41, 5.74) is 0.448. The van der Waals surface area contributed by atoms with Gasteiger partial charge >= 0.3 is 6.18 Å². The third-order valence-corrected chi connectivity index (χ3v) is 3.85. The Labute approximate surface area is 132 Å². The molecule has 0 radical (unpaired) electrons. The molecule has 0 unspecified atom stereocenters. The highest BCUT2D eigenvalue weighted by Gasteiger charge is 2.37.